The Kier molecular flexibility index (Phi) is 50.5. The van der Waals surface area contributed by atoms with Crippen LogP contribution in [0.4, 0.5) is 0 Å². The number of ether oxygens (including phenoxy) is 2. The number of hydrogen-bond donors (Lipinski definition) is 1. The van der Waals surface area contributed by atoms with Gasteiger partial charge < -0.3 is 33.5 Å². The van der Waals surface area contributed by atoms with Crippen molar-refractivity contribution in [2.45, 2.75) is 206 Å². The summed E-state index contributed by atoms with van der Waals surface area (Å²) in [6, 6.07) is 8.61. The van der Waals surface area contributed by atoms with Crippen molar-refractivity contribution in [2.75, 3.05) is 13.2 Å². The van der Waals surface area contributed by atoms with Crippen LogP contribution in [-0.4, -0.2) is 36.4 Å². The minimum atomic E-state index is -4.83. The van der Waals surface area contributed by atoms with Crippen LogP contribution in [0, 0.1) is 0 Å². The van der Waals surface area contributed by atoms with E-state index in [0.717, 1.165) is 32.1 Å². The van der Waals surface area contributed by atoms with Crippen LogP contribution in [-0.2, 0) is 34.8 Å². The molecule has 1 unspecified atom stereocenters. The van der Waals surface area contributed by atoms with Crippen molar-refractivity contribution in [3.63, 3.8) is 0 Å². The summed E-state index contributed by atoms with van der Waals surface area (Å²) >= 11 is 0. The standard InChI is InChI=1S/C35H68O5.C7H9O4P.2K/c1-3-5-7-9-11-13-15-17-19-21-23-25-27-29-34(37)39-32-33(31-36)40-35(38)30-28-26-24-22-20-18-16-14-12-10-8-6-4-2;8-12(9,10)11-6-7-4-2-1-3-5-7;;/h33,36H,3-32H2,1-2H3;1-5H,6H2,(H2,8,9,10);;/q;;2*+1/p-2. The number of phosphoric ester groups is 1. The largest absolute Gasteiger partial charge is 1.00 e. The van der Waals surface area contributed by atoms with Gasteiger partial charge in [0.25, 0.3) is 0 Å². The number of aliphatic hydroxyl groups excluding tert-OH is 1. The second-order valence-electron chi connectivity index (χ2n) is 14.2. The minimum absolute atomic E-state index is 0. The van der Waals surface area contributed by atoms with E-state index >= 15 is 0 Å². The van der Waals surface area contributed by atoms with E-state index in [2.05, 4.69) is 18.4 Å². The normalized spacial score (nSPS) is 11.4. The van der Waals surface area contributed by atoms with E-state index in [1.807, 2.05) is 0 Å². The summed E-state index contributed by atoms with van der Waals surface area (Å²) in [6.45, 7) is 3.95. The van der Waals surface area contributed by atoms with E-state index < -0.39 is 13.9 Å². The predicted octanol–water partition coefficient (Wildman–Crippen LogP) is 4.44. The van der Waals surface area contributed by atoms with Gasteiger partial charge in [0, 0.05) is 12.8 Å². The van der Waals surface area contributed by atoms with Crippen molar-refractivity contribution >= 4 is 19.8 Å². The molecule has 0 saturated heterocycles. The number of aliphatic hydroxyl groups is 1. The summed E-state index contributed by atoms with van der Waals surface area (Å²) in [6.07, 6.45) is 32.9. The Labute approximate surface area is 415 Å². The summed E-state index contributed by atoms with van der Waals surface area (Å²) in [4.78, 5) is 44.2. The third kappa shape index (κ3) is 46.2. The number of hydrogen-bond acceptors (Lipinski definition) is 9. The fraction of sp³-hybridized carbons (Fsp3) is 0.810. The molecule has 0 aliphatic rings. The first-order valence-corrected chi connectivity index (χ1v) is 22.3. The van der Waals surface area contributed by atoms with Crippen molar-refractivity contribution in [3.8, 4) is 0 Å². The van der Waals surface area contributed by atoms with Gasteiger partial charge in [-0.15, -0.1) is 0 Å². The molecule has 0 aliphatic heterocycles. The maximum atomic E-state index is 12.1. The summed E-state index contributed by atoms with van der Waals surface area (Å²) in [7, 11) is -4.83. The van der Waals surface area contributed by atoms with Crippen LogP contribution in [0.5, 0.6) is 0 Å². The molecule has 1 aromatic rings. The zero-order valence-corrected chi connectivity index (χ0v) is 42.2. The summed E-state index contributed by atoms with van der Waals surface area (Å²) in [5.74, 6) is -0.580. The van der Waals surface area contributed by atoms with Crippen LogP contribution in [0.2, 0.25) is 0 Å². The Bertz CT molecular complexity index is 982. The number of carbonyl (C=O) groups is 2. The van der Waals surface area contributed by atoms with E-state index in [-0.39, 0.29) is 135 Å². The molecule has 9 nitrogen and oxygen atoms in total. The van der Waals surface area contributed by atoms with Crippen LogP contribution in [0.15, 0.2) is 30.3 Å². The number of phosphoric acid groups is 1. The Hall–Kier alpha value is 1.50. The molecule has 1 atom stereocenters. The van der Waals surface area contributed by atoms with Crippen molar-refractivity contribution in [3.05, 3.63) is 35.9 Å². The Morgan fingerprint density at radius 1 is 0.593 bits per heavy atom. The van der Waals surface area contributed by atoms with Gasteiger partial charge >= 0.3 is 115 Å². The monoisotopic (exact) mass is 832 g/mol. The minimum Gasteiger partial charge on any atom is -0.790 e. The van der Waals surface area contributed by atoms with Crippen LogP contribution >= 0.6 is 7.82 Å². The third-order valence-electron chi connectivity index (χ3n) is 9.13. The van der Waals surface area contributed by atoms with E-state index in [1.165, 1.54) is 135 Å². The zero-order chi connectivity index (χ0) is 38.4. The zero-order valence-electron chi connectivity index (χ0n) is 35.0. The molecule has 0 saturated carbocycles. The second kappa shape index (κ2) is 45.6. The van der Waals surface area contributed by atoms with Crippen molar-refractivity contribution in [2.24, 2.45) is 0 Å². The van der Waals surface area contributed by atoms with Gasteiger partial charge in [-0.1, -0.05) is 198 Å². The Morgan fingerprint density at radius 3 is 1.30 bits per heavy atom. The molecule has 0 spiro atoms. The molecule has 1 rings (SSSR count). The number of unbranched alkanes of at least 4 members (excludes halogenated alkanes) is 24. The smallest absolute Gasteiger partial charge is 0.790 e. The van der Waals surface area contributed by atoms with Crippen molar-refractivity contribution in [1.82, 2.24) is 0 Å². The average Bonchev–Trinajstić information content (AvgIpc) is 3.13. The predicted molar refractivity (Wildman–Crippen MR) is 207 cm³/mol. The maximum absolute atomic E-state index is 12.1. The maximum Gasteiger partial charge on any atom is 1.00 e. The second-order valence-corrected chi connectivity index (χ2v) is 15.3. The third-order valence-corrected chi connectivity index (χ3v) is 9.58. The van der Waals surface area contributed by atoms with Crippen molar-refractivity contribution < 1.29 is 146 Å². The van der Waals surface area contributed by atoms with Gasteiger partial charge in [-0.3, -0.25) is 9.59 Å². The van der Waals surface area contributed by atoms with Crippen LogP contribution in [0.3, 0.4) is 0 Å². The van der Waals surface area contributed by atoms with Crippen LogP contribution in [0.25, 0.3) is 0 Å². The number of esters is 2. The summed E-state index contributed by atoms with van der Waals surface area (Å²) in [5, 5.41) is 9.50. The first-order valence-electron chi connectivity index (χ1n) is 20.9. The molecule has 0 radical (unpaired) electrons. The number of rotatable bonds is 35. The molecular formula is C42H75K2O9P. The molecule has 0 heterocycles. The van der Waals surface area contributed by atoms with Crippen molar-refractivity contribution in [1.29, 1.82) is 0 Å². The number of benzene rings is 1. The van der Waals surface area contributed by atoms with E-state index in [1.54, 1.807) is 30.3 Å². The molecule has 304 valence electrons. The van der Waals surface area contributed by atoms with Gasteiger partial charge in [-0.05, 0) is 18.4 Å². The van der Waals surface area contributed by atoms with E-state index in [0.29, 0.717) is 18.4 Å². The fourth-order valence-corrected chi connectivity index (χ4v) is 6.24. The van der Waals surface area contributed by atoms with Gasteiger partial charge in [0.05, 0.1) is 21.0 Å². The molecular weight excluding hydrogens is 758 g/mol. The molecule has 0 fully saturated rings. The van der Waals surface area contributed by atoms with Crippen LogP contribution in [0.1, 0.15) is 199 Å². The molecule has 0 aliphatic carbocycles. The topological polar surface area (TPSA) is 145 Å². The average molecular weight is 833 g/mol. The SMILES string of the molecule is CCCCCCCCCCCCCCCC(=O)OCC(CO)OC(=O)CCCCCCCCCCCCCCC.O=P([O-])([O-])OCc1ccccc1.[K+].[K+]. The fourth-order valence-electron chi connectivity index (χ4n) is 5.93. The van der Waals surface area contributed by atoms with Gasteiger partial charge in [-0.25, -0.2) is 0 Å². The molecule has 0 bridgehead atoms. The summed E-state index contributed by atoms with van der Waals surface area (Å²) in [5.41, 5.74) is 0.657. The van der Waals surface area contributed by atoms with E-state index in [4.69, 9.17) is 9.47 Å². The molecule has 1 aromatic carbocycles. The molecule has 1 N–H and O–H groups in total. The van der Waals surface area contributed by atoms with Gasteiger partial charge in [0.2, 0.25) is 0 Å². The molecule has 0 aromatic heterocycles. The van der Waals surface area contributed by atoms with Gasteiger partial charge in [-0.2, -0.15) is 0 Å². The quantitative estimate of drug-likeness (QED) is 0.0455. The molecule has 0 amide bonds. The first kappa shape index (κ1) is 59.8. The van der Waals surface area contributed by atoms with Gasteiger partial charge in [0.1, 0.15) is 6.61 Å². The van der Waals surface area contributed by atoms with Gasteiger partial charge in [0.15, 0.2) is 6.10 Å². The first-order chi connectivity index (χ1) is 25.2. The number of carbonyl (C=O) groups excluding carboxylic acids is 2. The molecule has 12 heteroatoms. The van der Waals surface area contributed by atoms with Crippen LogP contribution < -0.4 is 113 Å². The summed E-state index contributed by atoms with van der Waals surface area (Å²) < 4.78 is 24.7. The Balaban J connectivity index is -0.00000157. The van der Waals surface area contributed by atoms with E-state index in [9.17, 15) is 29.0 Å². The molecule has 54 heavy (non-hydrogen) atoms. The Morgan fingerprint density at radius 2 is 0.944 bits per heavy atom.